The van der Waals surface area contributed by atoms with Crippen LogP contribution in [0, 0.1) is 0 Å². The average Bonchev–Trinajstić information content (AvgIpc) is 2.88. The molecule has 2 aromatic rings. The molecule has 0 radical (unpaired) electrons. The zero-order valence-corrected chi connectivity index (χ0v) is 19.8. The van der Waals surface area contributed by atoms with Gasteiger partial charge in [0.25, 0.3) is 5.91 Å². The summed E-state index contributed by atoms with van der Waals surface area (Å²) in [5, 5.41) is 10.4. The highest BCUT2D eigenvalue weighted by Crippen LogP contribution is 2.16. The summed E-state index contributed by atoms with van der Waals surface area (Å²) in [5.41, 5.74) is 0.661. The molecule has 0 bridgehead atoms. The summed E-state index contributed by atoms with van der Waals surface area (Å²) in [6.07, 6.45) is -0.457. The predicted octanol–water partition coefficient (Wildman–Crippen LogP) is 1.59. The van der Waals surface area contributed by atoms with Crippen molar-refractivity contribution < 1.29 is 24.1 Å². The second-order valence-corrected chi connectivity index (χ2v) is 8.86. The molecular weight excluding hydrogens is 434 g/mol. The van der Waals surface area contributed by atoms with Gasteiger partial charge in [-0.05, 0) is 30.3 Å². The van der Waals surface area contributed by atoms with Crippen LogP contribution in [0.1, 0.15) is 10.4 Å². The first kappa shape index (κ1) is 24.5. The number of nitrogens with zero attached hydrogens (tertiary/aromatic N) is 3. The minimum Gasteiger partial charge on any atom is -0.497 e. The van der Waals surface area contributed by atoms with Crippen molar-refractivity contribution in [3.8, 4) is 11.5 Å². The molecule has 2 atom stereocenters. The molecule has 1 N–H and O–H groups in total. The first-order valence-corrected chi connectivity index (χ1v) is 12.0. The van der Waals surface area contributed by atoms with Gasteiger partial charge >= 0.3 is 0 Å². The summed E-state index contributed by atoms with van der Waals surface area (Å²) < 4.78 is 16.9. The summed E-state index contributed by atoms with van der Waals surface area (Å²) in [4.78, 5) is 19.4. The van der Waals surface area contributed by atoms with Crippen molar-refractivity contribution in [1.29, 1.82) is 0 Å². The van der Waals surface area contributed by atoms with Gasteiger partial charge in [0.05, 0.1) is 19.8 Å². The minimum absolute atomic E-state index is 0.0466. The second-order valence-electron chi connectivity index (χ2n) is 8.86. The van der Waals surface area contributed by atoms with Crippen molar-refractivity contribution >= 4 is 5.91 Å². The number of para-hydroxylation sites is 1. The topological polar surface area (TPSA) is 74.7 Å². The quantitative estimate of drug-likeness (QED) is 0.598. The van der Waals surface area contributed by atoms with E-state index in [0.29, 0.717) is 37.6 Å². The van der Waals surface area contributed by atoms with Crippen LogP contribution in [0.15, 0.2) is 54.6 Å². The van der Waals surface area contributed by atoms with Crippen LogP contribution in [0.2, 0.25) is 0 Å². The Kier molecular flexibility index (Phi) is 8.76. The molecular formula is C26H35N3O5. The van der Waals surface area contributed by atoms with Gasteiger partial charge in [-0.2, -0.15) is 0 Å². The molecule has 8 nitrogen and oxygen atoms in total. The van der Waals surface area contributed by atoms with Gasteiger partial charge in [0, 0.05) is 57.9 Å². The van der Waals surface area contributed by atoms with Crippen LogP contribution < -0.4 is 9.47 Å². The molecule has 184 valence electrons. The number of hydrogen-bond donors (Lipinski definition) is 1. The molecule has 0 saturated carbocycles. The highest BCUT2D eigenvalue weighted by atomic mass is 16.5. The molecule has 34 heavy (non-hydrogen) atoms. The van der Waals surface area contributed by atoms with E-state index in [4.69, 9.17) is 14.2 Å². The maximum absolute atomic E-state index is 12.8. The van der Waals surface area contributed by atoms with Crippen LogP contribution in [0.3, 0.4) is 0 Å². The second kappa shape index (κ2) is 12.2. The van der Waals surface area contributed by atoms with Gasteiger partial charge in [-0.3, -0.25) is 14.6 Å². The van der Waals surface area contributed by atoms with E-state index in [1.165, 1.54) is 0 Å². The first-order valence-electron chi connectivity index (χ1n) is 12.0. The lowest BCUT2D eigenvalue weighted by Gasteiger charge is -2.39. The van der Waals surface area contributed by atoms with Gasteiger partial charge in [0.15, 0.2) is 0 Å². The third-order valence-corrected chi connectivity index (χ3v) is 6.32. The van der Waals surface area contributed by atoms with Crippen LogP contribution in [-0.4, -0.2) is 111 Å². The number of aliphatic hydroxyl groups is 1. The maximum atomic E-state index is 12.8. The van der Waals surface area contributed by atoms with Crippen LogP contribution in [0.25, 0.3) is 0 Å². The summed E-state index contributed by atoms with van der Waals surface area (Å²) in [7, 11) is 1.61. The Balaban J connectivity index is 1.18. The van der Waals surface area contributed by atoms with Crippen molar-refractivity contribution in [1.82, 2.24) is 14.7 Å². The molecule has 0 aliphatic carbocycles. The number of carbonyl (C=O) groups is 1. The minimum atomic E-state index is -0.551. The number of rotatable bonds is 9. The van der Waals surface area contributed by atoms with Gasteiger partial charge in [-0.15, -0.1) is 0 Å². The maximum Gasteiger partial charge on any atom is 0.254 e. The summed E-state index contributed by atoms with van der Waals surface area (Å²) in [6, 6.07) is 16.9. The Hall–Kier alpha value is -2.65. The number of methoxy groups -OCH3 is 1. The molecule has 2 aliphatic heterocycles. The lowest BCUT2D eigenvalue weighted by molar-refractivity contribution is -0.0591. The highest BCUT2D eigenvalue weighted by molar-refractivity contribution is 5.94. The third kappa shape index (κ3) is 6.93. The van der Waals surface area contributed by atoms with Crippen molar-refractivity contribution in [2.45, 2.75) is 12.2 Å². The number of β-amino-alcohol motifs (C(OH)–C–C–N with tert-alkyl or cyclic N) is 1. The van der Waals surface area contributed by atoms with Gasteiger partial charge in [0.2, 0.25) is 0 Å². The molecule has 2 fully saturated rings. The number of piperazine rings is 1. The molecule has 2 aliphatic rings. The van der Waals surface area contributed by atoms with Crippen molar-refractivity contribution in [3.05, 3.63) is 60.2 Å². The number of ether oxygens (including phenoxy) is 3. The Morgan fingerprint density at radius 3 is 2.56 bits per heavy atom. The van der Waals surface area contributed by atoms with E-state index in [2.05, 4.69) is 9.80 Å². The molecule has 2 saturated heterocycles. The molecule has 1 amide bonds. The van der Waals surface area contributed by atoms with Gasteiger partial charge in [-0.1, -0.05) is 24.3 Å². The number of benzene rings is 2. The van der Waals surface area contributed by atoms with E-state index >= 15 is 0 Å². The monoisotopic (exact) mass is 469 g/mol. The molecule has 0 spiro atoms. The lowest BCUT2D eigenvalue weighted by atomic mass is 10.1. The Bertz CT molecular complexity index is 904. The summed E-state index contributed by atoms with van der Waals surface area (Å²) in [5.74, 6) is 1.51. The van der Waals surface area contributed by atoms with Crippen LogP contribution in [0.5, 0.6) is 11.5 Å². The SMILES string of the molecule is COc1cccc(C(=O)N2CCN(CC3CN(CC(O)COc4ccccc4)CCO3)CC2)c1. The van der Waals surface area contributed by atoms with E-state index in [-0.39, 0.29) is 18.6 Å². The Labute approximate surface area is 201 Å². The summed E-state index contributed by atoms with van der Waals surface area (Å²) >= 11 is 0. The molecule has 2 aromatic carbocycles. The van der Waals surface area contributed by atoms with Crippen LogP contribution in [0.4, 0.5) is 0 Å². The number of hydrogen-bond acceptors (Lipinski definition) is 7. The van der Waals surface area contributed by atoms with Crippen molar-refractivity contribution in [2.24, 2.45) is 0 Å². The van der Waals surface area contributed by atoms with E-state index in [9.17, 15) is 9.90 Å². The Morgan fingerprint density at radius 2 is 1.79 bits per heavy atom. The zero-order chi connectivity index (χ0) is 23.8. The normalized spacial score (nSPS) is 20.6. The predicted molar refractivity (Wildman–Crippen MR) is 129 cm³/mol. The van der Waals surface area contributed by atoms with Gasteiger partial charge in [-0.25, -0.2) is 0 Å². The smallest absolute Gasteiger partial charge is 0.254 e. The molecule has 2 unspecified atom stereocenters. The first-order chi connectivity index (χ1) is 16.6. The number of amides is 1. The fourth-order valence-corrected chi connectivity index (χ4v) is 4.48. The van der Waals surface area contributed by atoms with E-state index in [1.54, 1.807) is 13.2 Å². The fraction of sp³-hybridized carbons (Fsp3) is 0.500. The van der Waals surface area contributed by atoms with Crippen LogP contribution in [-0.2, 0) is 4.74 Å². The fourth-order valence-electron chi connectivity index (χ4n) is 4.48. The Morgan fingerprint density at radius 1 is 1.03 bits per heavy atom. The molecule has 0 aromatic heterocycles. The molecule has 4 rings (SSSR count). The van der Waals surface area contributed by atoms with Crippen molar-refractivity contribution in [3.63, 3.8) is 0 Å². The van der Waals surface area contributed by atoms with E-state index < -0.39 is 6.10 Å². The lowest BCUT2D eigenvalue weighted by Crippen LogP contribution is -2.54. The van der Waals surface area contributed by atoms with E-state index in [0.717, 1.165) is 38.5 Å². The van der Waals surface area contributed by atoms with Crippen molar-refractivity contribution in [2.75, 3.05) is 72.7 Å². The van der Waals surface area contributed by atoms with Crippen LogP contribution >= 0.6 is 0 Å². The summed E-state index contributed by atoms with van der Waals surface area (Å²) in [6.45, 7) is 6.95. The number of carbonyl (C=O) groups excluding carboxylic acids is 1. The largest absolute Gasteiger partial charge is 0.497 e. The van der Waals surface area contributed by atoms with Gasteiger partial charge in [0.1, 0.15) is 24.2 Å². The zero-order valence-electron chi connectivity index (χ0n) is 19.8. The number of aliphatic hydroxyl groups excluding tert-OH is 1. The average molecular weight is 470 g/mol. The third-order valence-electron chi connectivity index (χ3n) is 6.32. The molecule has 8 heteroatoms. The number of morpholine rings is 1. The van der Waals surface area contributed by atoms with E-state index in [1.807, 2.05) is 53.4 Å². The highest BCUT2D eigenvalue weighted by Gasteiger charge is 2.27. The molecule has 2 heterocycles. The standard InChI is InChI=1S/C26H35N3O5/c1-32-24-9-5-6-21(16-24)26(31)29-12-10-27(11-13-29)18-25-19-28(14-15-33-25)17-22(30)20-34-23-7-3-2-4-8-23/h2-9,16,22,25,30H,10-15,17-20H2,1H3. The van der Waals surface area contributed by atoms with Gasteiger partial charge < -0.3 is 24.2 Å².